The summed E-state index contributed by atoms with van der Waals surface area (Å²) in [6, 6.07) is 0. The van der Waals surface area contributed by atoms with Gasteiger partial charge in [0.05, 0.1) is 0 Å². The zero-order chi connectivity index (χ0) is 12.2. The standard InChI is InChI=1S/C14H26O2/c1-3-4-5-6-7-8-9-10-11-12-14(16)13(2)15/h3-12H2,1-2H3. The molecule has 0 aliphatic heterocycles. The summed E-state index contributed by atoms with van der Waals surface area (Å²) in [7, 11) is 0. The number of hydrogen-bond donors (Lipinski definition) is 0. The molecular weight excluding hydrogens is 200 g/mol. The van der Waals surface area contributed by atoms with Crippen LogP contribution in [0.3, 0.4) is 0 Å². The molecule has 0 atom stereocenters. The van der Waals surface area contributed by atoms with Gasteiger partial charge < -0.3 is 0 Å². The average molecular weight is 226 g/mol. The maximum atomic E-state index is 11.0. The number of carbonyl (C=O) groups excluding carboxylic acids is 2. The van der Waals surface area contributed by atoms with E-state index in [2.05, 4.69) is 6.92 Å². The van der Waals surface area contributed by atoms with Crippen molar-refractivity contribution in [3.8, 4) is 0 Å². The molecule has 2 heteroatoms. The number of Topliss-reactive ketones (excluding diaryl/α,β-unsaturated/α-hetero) is 2. The van der Waals surface area contributed by atoms with Crippen LogP contribution >= 0.6 is 0 Å². The van der Waals surface area contributed by atoms with Crippen molar-refractivity contribution >= 4 is 11.6 Å². The molecule has 0 amide bonds. The first-order valence-corrected chi connectivity index (χ1v) is 6.72. The first kappa shape index (κ1) is 15.3. The van der Waals surface area contributed by atoms with E-state index in [0.717, 1.165) is 12.8 Å². The van der Waals surface area contributed by atoms with E-state index in [-0.39, 0.29) is 11.6 Å². The van der Waals surface area contributed by atoms with Crippen molar-refractivity contribution in [2.24, 2.45) is 0 Å². The van der Waals surface area contributed by atoms with Crippen molar-refractivity contribution in [3.05, 3.63) is 0 Å². The molecule has 0 aromatic heterocycles. The molecule has 0 fully saturated rings. The highest BCUT2D eigenvalue weighted by Gasteiger charge is 2.05. The molecule has 2 nitrogen and oxygen atoms in total. The third-order valence-electron chi connectivity index (χ3n) is 2.90. The summed E-state index contributed by atoms with van der Waals surface area (Å²) < 4.78 is 0. The summed E-state index contributed by atoms with van der Waals surface area (Å²) in [4.78, 5) is 21.7. The van der Waals surface area contributed by atoms with Gasteiger partial charge in [0.15, 0.2) is 11.6 Å². The molecule has 0 radical (unpaired) electrons. The fraction of sp³-hybridized carbons (Fsp3) is 0.857. The Labute approximate surface area is 99.8 Å². The van der Waals surface area contributed by atoms with E-state index >= 15 is 0 Å². The molecule has 0 N–H and O–H groups in total. The zero-order valence-corrected chi connectivity index (χ0v) is 10.9. The highest BCUT2D eigenvalue weighted by molar-refractivity contribution is 6.36. The van der Waals surface area contributed by atoms with Gasteiger partial charge in [0.1, 0.15) is 0 Å². The lowest BCUT2D eigenvalue weighted by atomic mass is 10.0. The van der Waals surface area contributed by atoms with Crippen LogP contribution in [0.4, 0.5) is 0 Å². The number of hydrogen-bond acceptors (Lipinski definition) is 2. The minimum absolute atomic E-state index is 0.206. The van der Waals surface area contributed by atoms with Gasteiger partial charge in [0.25, 0.3) is 0 Å². The quantitative estimate of drug-likeness (QED) is 0.393. The third-order valence-corrected chi connectivity index (χ3v) is 2.90. The molecule has 0 rings (SSSR count). The number of carbonyl (C=O) groups is 2. The Morgan fingerprint density at radius 2 is 1.19 bits per heavy atom. The lowest BCUT2D eigenvalue weighted by Gasteiger charge is -2.01. The Morgan fingerprint density at radius 1 is 0.750 bits per heavy atom. The Morgan fingerprint density at radius 3 is 1.62 bits per heavy atom. The maximum Gasteiger partial charge on any atom is 0.198 e. The van der Waals surface area contributed by atoms with Crippen LogP contribution in [-0.2, 0) is 9.59 Å². The molecule has 0 heterocycles. The van der Waals surface area contributed by atoms with Gasteiger partial charge in [-0.3, -0.25) is 9.59 Å². The molecule has 0 aliphatic rings. The second-order valence-corrected chi connectivity index (χ2v) is 4.56. The van der Waals surface area contributed by atoms with Crippen molar-refractivity contribution in [2.75, 3.05) is 0 Å². The van der Waals surface area contributed by atoms with E-state index in [9.17, 15) is 9.59 Å². The maximum absolute atomic E-state index is 11.0. The van der Waals surface area contributed by atoms with Crippen molar-refractivity contribution < 1.29 is 9.59 Å². The predicted molar refractivity (Wildman–Crippen MR) is 67.5 cm³/mol. The van der Waals surface area contributed by atoms with Crippen LogP contribution in [0.1, 0.15) is 78.1 Å². The molecular formula is C14H26O2. The zero-order valence-electron chi connectivity index (χ0n) is 10.9. The van der Waals surface area contributed by atoms with E-state index < -0.39 is 0 Å². The Balaban J connectivity index is 3.10. The molecule has 0 bridgehead atoms. The van der Waals surface area contributed by atoms with Crippen molar-refractivity contribution in [1.82, 2.24) is 0 Å². The van der Waals surface area contributed by atoms with E-state index in [4.69, 9.17) is 0 Å². The molecule has 0 unspecified atom stereocenters. The summed E-state index contributed by atoms with van der Waals surface area (Å²) in [5, 5.41) is 0. The second kappa shape index (κ2) is 10.8. The Bertz CT molecular complexity index is 197. The van der Waals surface area contributed by atoms with Crippen LogP contribution < -0.4 is 0 Å². The summed E-state index contributed by atoms with van der Waals surface area (Å²) in [6.45, 7) is 3.59. The topological polar surface area (TPSA) is 34.1 Å². The SMILES string of the molecule is CCCCCCCCCCCC(=O)C(C)=O. The summed E-state index contributed by atoms with van der Waals surface area (Å²) in [5.74, 6) is -0.498. The van der Waals surface area contributed by atoms with Gasteiger partial charge >= 0.3 is 0 Å². The van der Waals surface area contributed by atoms with Crippen LogP contribution in [-0.4, -0.2) is 11.6 Å². The third kappa shape index (κ3) is 9.88. The van der Waals surface area contributed by atoms with Gasteiger partial charge in [-0.05, 0) is 6.42 Å². The normalized spacial score (nSPS) is 10.4. The monoisotopic (exact) mass is 226 g/mol. The van der Waals surface area contributed by atoms with Crippen LogP contribution in [0, 0.1) is 0 Å². The minimum atomic E-state index is -0.292. The fourth-order valence-electron chi connectivity index (χ4n) is 1.77. The lowest BCUT2D eigenvalue weighted by molar-refractivity contribution is -0.135. The van der Waals surface area contributed by atoms with Crippen LogP contribution in [0.25, 0.3) is 0 Å². The van der Waals surface area contributed by atoms with Gasteiger partial charge in [-0.25, -0.2) is 0 Å². The highest BCUT2D eigenvalue weighted by Crippen LogP contribution is 2.10. The number of rotatable bonds is 11. The molecule has 0 saturated carbocycles. The Kier molecular flexibility index (Phi) is 10.4. The van der Waals surface area contributed by atoms with Crippen molar-refractivity contribution in [1.29, 1.82) is 0 Å². The largest absolute Gasteiger partial charge is 0.291 e. The van der Waals surface area contributed by atoms with E-state index in [1.54, 1.807) is 0 Å². The van der Waals surface area contributed by atoms with E-state index in [1.165, 1.54) is 51.9 Å². The summed E-state index contributed by atoms with van der Waals surface area (Å²) >= 11 is 0. The fourth-order valence-corrected chi connectivity index (χ4v) is 1.77. The number of ketones is 2. The number of unbranched alkanes of at least 4 members (excludes halogenated alkanes) is 8. The highest BCUT2D eigenvalue weighted by atomic mass is 16.2. The lowest BCUT2D eigenvalue weighted by Crippen LogP contribution is -2.08. The first-order valence-electron chi connectivity index (χ1n) is 6.72. The Hall–Kier alpha value is -0.660. The molecule has 0 aromatic carbocycles. The molecule has 94 valence electrons. The molecule has 16 heavy (non-hydrogen) atoms. The van der Waals surface area contributed by atoms with Gasteiger partial charge in [-0.2, -0.15) is 0 Å². The summed E-state index contributed by atoms with van der Waals surface area (Å²) in [6.07, 6.45) is 11.6. The smallest absolute Gasteiger partial charge is 0.198 e. The van der Waals surface area contributed by atoms with Crippen molar-refractivity contribution in [3.63, 3.8) is 0 Å². The average Bonchev–Trinajstić information content (AvgIpc) is 2.26. The van der Waals surface area contributed by atoms with Crippen LogP contribution in [0.15, 0.2) is 0 Å². The van der Waals surface area contributed by atoms with Crippen molar-refractivity contribution in [2.45, 2.75) is 78.1 Å². The summed E-state index contributed by atoms with van der Waals surface area (Å²) in [5.41, 5.74) is 0. The van der Waals surface area contributed by atoms with Gasteiger partial charge in [0, 0.05) is 13.3 Å². The van der Waals surface area contributed by atoms with E-state index in [1.807, 2.05) is 0 Å². The minimum Gasteiger partial charge on any atom is -0.291 e. The van der Waals surface area contributed by atoms with Gasteiger partial charge in [0.2, 0.25) is 0 Å². The van der Waals surface area contributed by atoms with Crippen LogP contribution in [0.2, 0.25) is 0 Å². The first-order chi connectivity index (χ1) is 7.68. The molecule has 0 aliphatic carbocycles. The van der Waals surface area contributed by atoms with Gasteiger partial charge in [-0.1, -0.05) is 58.3 Å². The van der Waals surface area contributed by atoms with Gasteiger partial charge in [-0.15, -0.1) is 0 Å². The predicted octanol–water partition coefficient (Wildman–Crippen LogP) is 4.07. The molecule has 0 aromatic rings. The second-order valence-electron chi connectivity index (χ2n) is 4.56. The van der Waals surface area contributed by atoms with E-state index in [0.29, 0.717) is 6.42 Å². The molecule has 0 spiro atoms. The van der Waals surface area contributed by atoms with Crippen LogP contribution in [0.5, 0.6) is 0 Å². The molecule has 0 saturated heterocycles.